The van der Waals surface area contributed by atoms with Crippen LogP contribution < -0.4 is 5.73 Å². The second kappa shape index (κ2) is 5.53. The molecule has 21 heavy (non-hydrogen) atoms. The number of hydrogen-bond acceptors (Lipinski definition) is 1. The molecule has 0 radical (unpaired) electrons. The number of alkyl halides is 3. The molecule has 112 valence electrons. The summed E-state index contributed by atoms with van der Waals surface area (Å²) in [5.74, 6) is 0. The number of rotatable bonds is 3. The maximum Gasteiger partial charge on any atom is 0.416 e. The quantitative estimate of drug-likeness (QED) is 0.886. The molecule has 0 aliphatic heterocycles. The summed E-state index contributed by atoms with van der Waals surface area (Å²) in [7, 11) is 0. The average Bonchev–Trinajstić information content (AvgIpc) is 2.46. The Morgan fingerprint density at radius 3 is 1.57 bits per heavy atom. The van der Waals surface area contributed by atoms with Crippen LogP contribution in [-0.2, 0) is 18.1 Å². The van der Waals surface area contributed by atoms with Gasteiger partial charge < -0.3 is 5.73 Å². The van der Waals surface area contributed by atoms with E-state index in [1.165, 1.54) is 17.7 Å². The van der Waals surface area contributed by atoms with E-state index in [2.05, 4.69) is 6.92 Å². The number of hydrogen-bond donors (Lipinski definition) is 1. The van der Waals surface area contributed by atoms with Crippen LogP contribution in [0, 0.1) is 0 Å². The molecule has 0 bridgehead atoms. The molecule has 2 rings (SSSR count). The Kier molecular flexibility index (Phi) is 4.10. The van der Waals surface area contributed by atoms with Crippen molar-refractivity contribution in [3.05, 3.63) is 70.8 Å². The van der Waals surface area contributed by atoms with E-state index in [0.29, 0.717) is 5.56 Å². The Morgan fingerprint density at radius 1 is 0.810 bits per heavy atom. The molecule has 0 fully saturated rings. The van der Waals surface area contributed by atoms with Gasteiger partial charge in [-0.3, -0.25) is 0 Å². The fraction of sp³-hybridized carbons (Fsp3) is 0.294. The first-order valence-electron chi connectivity index (χ1n) is 6.81. The molecular weight excluding hydrogens is 275 g/mol. The standard InChI is InChI=1S/C17H18F3N/c1-3-12-4-6-13(7-5-12)16(2,21)14-8-10-15(11-9-14)17(18,19)20/h4-11H,3,21H2,1-2H3. The Hall–Kier alpha value is -1.81. The molecule has 2 N–H and O–H groups in total. The third kappa shape index (κ3) is 3.27. The number of halogens is 3. The predicted molar refractivity (Wildman–Crippen MR) is 77.9 cm³/mol. The molecule has 0 aliphatic carbocycles. The first kappa shape index (κ1) is 15.6. The Bertz CT molecular complexity index is 595. The third-order valence-electron chi connectivity index (χ3n) is 3.77. The third-order valence-corrected chi connectivity index (χ3v) is 3.77. The van der Waals surface area contributed by atoms with Crippen molar-refractivity contribution >= 4 is 0 Å². The van der Waals surface area contributed by atoms with Crippen molar-refractivity contribution in [2.24, 2.45) is 5.73 Å². The van der Waals surface area contributed by atoms with Gasteiger partial charge in [0.05, 0.1) is 11.1 Å². The molecule has 1 unspecified atom stereocenters. The summed E-state index contributed by atoms with van der Waals surface area (Å²) < 4.78 is 37.8. The van der Waals surface area contributed by atoms with Crippen LogP contribution in [0.4, 0.5) is 13.2 Å². The molecule has 1 nitrogen and oxygen atoms in total. The van der Waals surface area contributed by atoms with Gasteiger partial charge in [0.15, 0.2) is 0 Å². The largest absolute Gasteiger partial charge is 0.416 e. The fourth-order valence-corrected chi connectivity index (χ4v) is 2.26. The van der Waals surface area contributed by atoms with Gasteiger partial charge in [0.2, 0.25) is 0 Å². The fourth-order valence-electron chi connectivity index (χ4n) is 2.26. The highest BCUT2D eigenvalue weighted by Crippen LogP contribution is 2.32. The highest BCUT2D eigenvalue weighted by molar-refractivity contribution is 5.39. The zero-order valence-corrected chi connectivity index (χ0v) is 12.0. The van der Waals surface area contributed by atoms with Gasteiger partial charge in [-0.1, -0.05) is 43.3 Å². The van der Waals surface area contributed by atoms with Crippen molar-refractivity contribution in [2.75, 3.05) is 0 Å². The van der Waals surface area contributed by atoms with Crippen LogP contribution >= 0.6 is 0 Å². The number of benzene rings is 2. The molecule has 0 heterocycles. The van der Waals surface area contributed by atoms with Gasteiger partial charge in [-0.2, -0.15) is 13.2 Å². The molecule has 2 aromatic carbocycles. The van der Waals surface area contributed by atoms with Crippen LogP contribution in [0.5, 0.6) is 0 Å². The molecule has 0 aromatic heterocycles. The molecule has 0 amide bonds. The lowest BCUT2D eigenvalue weighted by molar-refractivity contribution is -0.137. The van der Waals surface area contributed by atoms with Gasteiger partial charge in [0.25, 0.3) is 0 Å². The SMILES string of the molecule is CCc1ccc(C(C)(N)c2ccc(C(F)(F)F)cc2)cc1. The lowest BCUT2D eigenvalue weighted by atomic mass is 9.85. The van der Waals surface area contributed by atoms with Crippen LogP contribution in [0.3, 0.4) is 0 Å². The topological polar surface area (TPSA) is 26.0 Å². The molecular formula is C17H18F3N. The monoisotopic (exact) mass is 293 g/mol. The number of aryl methyl sites for hydroxylation is 1. The Balaban J connectivity index is 2.34. The molecule has 4 heteroatoms. The van der Waals surface area contributed by atoms with E-state index in [0.717, 1.165) is 24.1 Å². The maximum absolute atomic E-state index is 12.6. The molecule has 0 aliphatic rings. The van der Waals surface area contributed by atoms with Gasteiger partial charge >= 0.3 is 6.18 Å². The van der Waals surface area contributed by atoms with E-state index < -0.39 is 17.3 Å². The summed E-state index contributed by atoms with van der Waals surface area (Å²) in [6.45, 7) is 3.86. The Morgan fingerprint density at radius 2 is 1.19 bits per heavy atom. The summed E-state index contributed by atoms with van der Waals surface area (Å²) >= 11 is 0. The lowest BCUT2D eigenvalue weighted by Crippen LogP contribution is -2.34. The van der Waals surface area contributed by atoms with Crippen LogP contribution in [0.2, 0.25) is 0 Å². The first-order chi connectivity index (χ1) is 9.75. The summed E-state index contributed by atoms with van der Waals surface area (Å²) in [6.07, 6.45) is -3.39. The van der Waals surface area contributed by atoms with Gasteiger partial charge in [0.1, 0.15) is 0 Å². The van der Waals surface area contributed by atoms with Crippen molar-refractivity contribution in [3.8, 4) is 0 Å². The van der Waals surface area contributed by atoms with Crippen LogP contribution in [0.25, 0.3) is 0 Å². The van der Waals surface area contributed by atoms with Crippen molar-refractivity contribution in [1.29, 1.82) is 0 Å². The van der Waals surface area contributed by atoms with E-state index in [-0.39, 0.29) is 0 Å². The molecule has 1 atom stereocenters. The van der Waals surface area contributed by atoms with Gasteiger partial charge in [-0.15, -0.1) is 0 Å². The zero-order valence-electron chi connectivity index (χ0n) is 12.0. The van der Waals surface area contributed by atoms with Crippen LogP contribution in [0.1, 0.15) is 36.1 Å². The highest BCUT2D eigenvalue weighted by atomic mass is 19.4. The minimum absolute atomic E-state index is 0.653. The number of nitrogens with two attached hydrogens (primary N) is 1. The van der Waals surface area contributed by atoms with E-state index in [1.807, 2.05) is 24.3 Å². The van der Waals surface area contributed by atoms with Crippen molar-refractivity contribution in [3.63, 3.8) is 0 Å². The predicted octanol–water partition coefficient (Wildman–Crippen LogP) is 4.49. The normalized spacial score (nSPS) is 14.8. The smallest absolute Gasteiger partial charge is 0.318 e. The maximum atomic E-state index is 12.6. The average molecular weight is 293 g/mol. The van der Waals surface area contributed by atoms with Gasteiger partial charge in [0, 0.05) is 0 Å². The van der Waals surface area contributed by atoms with E-state index in [1.54, 1.807) is 6.92 Å². The second-order valence-corrected chi connectivity index (χ2v) is 5.33. The van der Waals surface area contributed by atoms with Crippen molar-refractivity contribution in [2.45, 2.75) is 32.0 Å². The molecule has 0 spiro atoms. The lowest BCUT2D eigenvalue weighted by Gasteiger charge is -2.26. The Labute approximate surface area is 122 Å². The minimum Gasteiger partial charge on any atom is -0.318 e. The summed E-state index contributed by atoms with van der Waals surface area (Å²) in [6, 6.07) is 12.9. The van der Waals surface area contributed by atoms with Gasteiger partial charge in [-0.25, -0.2) is 0 Å². The highest BCUT2D eigenvalue weighted by Gasteiger charge is 2.31. The zero-order chi connectivity index (χ0) is 15.7. The first-order valence-corrected chi connectivity index (χ1v) is 6.81. The van der Waals surface area contributed by atoms with Crippen molar-refractivity contribution in [1.82, 2.24) is 0 Å². The summed E-state index contributed by atoms with van der Waals surface area (Å²) in [4.78, 5) is 0. The van der Waals surface area contributed by atoms with E-state index in [9.17, 15) is 13.2 Å². The molecule has 0 saturated carbocycles. The molecule has 0 saturated heterocycles. The molecule has 2 aromatic rings. The van der Waals surface area contributed by atoms with Crippen molar-refractivity contribution < 1.29 is 13.2 Å². The summed E-state index contributed by atoms with van der Waals surface area (Å²) in [5, 5.41) is 0. The minimum atomic E-state index is -4.33. The van der Waals surface area contributed by atoms with Gasteiger partial charge in [-0.05, 0) is 42.2 Å². The van der Waals surface area contributed by atoms with E-state index in [4.69, 9.17) is 5.73 Å². The van der Waals surface area contributed by atoms with E-state index >= 15 is 0 Å². The summed E-state index contributed by atoms with van der Waals surface area (Å²) in [5.41, 5.74) is 7.57. The van der Waals surface area contributed by atoms with Crippen LogP contribution in [-0.4, -0.2) is 0 Å². The van der Waals surface area contributed by atoms with Crippen LogP contribution in [0.15, 0.2) is 48.5 Å². The second-order valence-electron chi connectivity index (χ2n) is 5.33.